The molecule has 1 amide bonds. The summed E-state index contributed by atoms with van der Waals surface area (Å²) in [6.07, 6.45) is 0. The van der Waals surface area contributed by atoms with Gasteiger partial charge in [-0.05, 0) is 49.7 Å². The number of quaternary nitrogens is 1. The molecule has 1 saturated heterocycles. The summed E-state index contributed by atoms with van der Waals surface area (Å²) in [6.45, 7) is 9.45. The smallest absolute Gasteiger partial charge is 0.262 e. The van der Waals surface area contributed by atoms with Crippen molar-refractivity contribution in [3.05, 3.63) is 53.1 Å². The van der Waals surface area contributed by atoms with E-state index in [9.17, 15) is 4.79 Å². The van der Waals surface area contributed by atoms with E-state index in [0.29, 0.717) is 10.8 Å². The van der Waals surface area contributed by atoms with E-state index in [4.69, 9.17) is 16.3 Å². The van der Waals surface area contributed by atoms with Crippen molar-refractivity contribution in [2.75, 3.05) is 49.5 Å². The molecule has 3 rings (SSSR count). The summed E-state index contributed by atoms with van der Waals surface area (Å²) in [5, 5.41) is 3.57. The topological polar surface area (TPSA) is 46.0 Å². The number of carbonyl (C=O) groups is 1. The van der Waals surface area contributed by atoms with E-state index in [0.717, 1.165) is 49.7 Å². The monoisotopic (exact) mass is 388 g/mol. The number of nitrogens with zero attached hydrogens (tertiary/aromatic N) is 1. The van der Waals surface area contributed by atoms with Gasteiger partial charge in [0.25, 0.3) is 5.91 Å². The fourth-order valence-electron chi connectivity index (χ4n) is 3.34. The number of likely N-dealkylation sites (N-methyl/N-ethyl adjacent to an activating group) is 1. The highest BCUT2D eigenvalue weighted by Crippen LogP contribution is 2.29. The Labute approximate surface area is 165 Å². The van der Waals surface area contributed by atoms with Crippen LogP contribution in [-0.2, 0) is 4.79 Å². The van der Waals surface area contributed by atoms with Crippen molar-refractivity contribution in [2.45, 2.75) is 13.8 Å². The van der Waals surface area contributed by atoms with Crippen LogP contribution < -0.4 is 19.9 Å². The molecule has 0 radical (unpaired) electrons. The second-order valence-electron chi connectivity index (χ2n) is 6.91. The third-order valence-corrected chi connectivity index (χ3v) is 5.14. The zero-order chi connectivity index (χ0) is 19.2. The van der Waals surface area contributed by atoms with E-state index >= 15 is 0 Å². The quantitative estimate of drug-likeness (QED) is 0.798. The second kappa shape index (κ2) is 9.11. The predicted octanol–water partition coefficient (Wildman–Crippen LogP) is 2.39. The van der Waals surface area contributed by atoms with Crippen molar-refractivity contribution in [3.8, 4) is 5.75 Å². The number of piperazine rings is 1. The van der Waals surface area contributed by atoms with E-state index in [-0.39, 0.29) is 12.5 Å². The molecule has 2 aromatic rings. The molecule has 0 unspecified atom stereocenters. The lowest BCUT2D eigenvalue weighted by Gasteiger charge is -2.34. The maximum absolute atomic E-state index is 12.4. The highest BCUT2D eigenvalue weighted by atomic mass is 35.5. The molecule has 0 spiro atoms. The van der Waals surface area contributed by atoms with Crippen molar-refractivity contribution in [1.82, 2.24) is 0 Å². The number of anilines is 2. The first-order valence-electron chi connectivity index (χ1n) is 9.42. The van der Waals surface area contributed by atoms with Gasteiger partial charge in [0.05, 0.1) is 44.1 Å². The Hall–Kier alpha value is -2.24. The van der Waals surface area contributed by atoms with Crippen molar-refractivity contribution in [1.29, 1.82) is 0 Å². The molecule has 0 aromatic heterocycles. The molecular formula is C21H27ClN3O2+. The SMILES string of the molecule is CC[NH+]1CCN(c2ccc(Cl)cc2NC(=O)COc2cccc(C)c2)CC1. The zero-order valence-electron chi connectivity index (χ0n) is 15.9. The fraction of sp³-hybridized carbons (Fsp3) is 0.381. The molecule has 0 aliphatic carbocycles. The molecule has 5 nitrogen and oxygen atoms in total. The van der Waals surface area contributed by atoms with E-state index in [2.05, 4.69) is 17.1 Å². The number of carbonyl (C=O) groups excluding carboxylic acids is 1. The number of halogens is 1. The van der Waals surface area contributed by atoms with E-state index in [1.54, 1.807) is 11.0 Å². The molecule has 6 heteroatoms. The van der Waals surface area contributed by atoms with Crippen molar-refractivity contribution in [3.63, 3.8) is 0 Å². The number of amides is 1. The van der Waals surface area contributed by atoms with Crippen molar-refractivity contribution < 1.29 is 14.4 Å². The van der Waals surface area contributed by atoms with Gasteiger partial charge in [0, 0.05) is 5.02 Å². The van der Waals surface area contributed by atoms with Crippen molar-refractivity contribution in [2.24, 2.45) is 0 Å². The van der Waals surface area contributed by atoms with Crippen LogP contribution in [0.15, 0.2) is 42.5 Å². The lowest BCUT2D eigenvalue weighted by atomic mass is 10.2. The predicted molar refractivity (Wildman–Crippen MR) is 110 cm³/mol. The third kappa shape index (κ3) is 5.37. The maximum atomic E-state index is 12.4. The first-order valence-corrected chi connectivity index (χ1v) is 9.80. The molecule has 0 atom stereocenters. The minimum Gasteiger partial charge on any atom is -0.484 e. The molecular weight excluding hydrogens is 362 g/mol. The Morgan fingerprint density at radius 2 is 2.00 bits per heavy atom. The van der Waals surface area contributed by atoms with Gasteiger partial charge in [-0.2, -0.15) is 0 Å². The largest absolute Gasteiger partial charge is 0.484 e. The van der Waals surface area contributed by atoms with Gasteiger partial charge in [-0.15, -0.1) is 0 Å². The Kier molecular flexibility index (Phi) is 6.58. The Morgan fingerprint density at radius 3 is 2.70 bits per heavy atom. The number of nitrogens with one attached hydrogen (secondary N) is 2. The molecule has 27 heavy (non-hydrogen) atoms. The average molecular weight is 389 g/mol. The van der Waals surface area contributed by atoms with Crippen LogP contribution in [0, 0.1) is 6.92 Å². The summed E-state index contributed by atoms with van der Waals surface area (Å²) in [7, 11) is 0. The maximum Gasteiger partial charge on any atom is 0.262 e. The first-order chi connectivity index (χ1) is 13.0. The highest BCUT2D eigenvalue weighted by molar-refractivity contribution is 6.31. The summed E-state index contributed by atoms with van der Waals surface area (Å²) >= 11 is 6.17. The normalized spacial score (nSPS) is 14.9. The van der Waals surface area contributed by atoms with Gasteiger partial charge < -0.3 is 19.9 Å². The molecule has 2 N–H and O–H groups in total. The second-order valence-corrected chi connectivity index (χ2v) is 7.34. The summed E-state index contributed by atoms with van der Waals surface area (Å²) in [4.78, 5) is 16.3. The summed E-state index contributed by atoms with van der Waals surface area (Å²) in [6, 6.07) is 13.3. The van der Waals surface area contributed by atoms with Gasteiger partial charge in [0.2, 0.25) is 0 Å². The minimum absolute atomic E-state index is 0.0385. The molecule has 0 bridgehead atoms. The molecule has 2 aromatic carbocycles. The van der Waals surface area contributed by atoms with E-state index in [1.807, 2.05) is 43.3 Å². The Bertz CT molecular complexity index is 789. The summed E-state index contributed by atoms with van der Waals surface area (Å²) in [5.41, 5.74) is 2.84. The number of hydrogen-bond donors (Lipinski definition) is 2. The molecule has 1 heterocycles. The summed E-state index contributed by atoms with van der Waals surface area (Å²) < 4.78 is 5.60. The number of ether oxygens (including phenoxy) is 1. The van der Waals surface area contributed by atoms with Crippen LogP contribution in [0.3, 0.4) is 0 Å². The van der Waals surface area contributed by atoms with Crippen molar-refractivity contribution >= 4 is 28.9 Å². The van der Waals surface area contributed by atoms with E-state index < -0.39 is 0 Å². The van der Waals surface area contributed by atoms with Crippen LogP contribution in [0.5, 0.6) is 5.75 Å². The van der Waals surface area contributed by atoms with Crippen LogP contribution >= 0.6 is 11.6 Å². The van der Waals surface area contributed by atoms with Gasteiger partial charge in [0.15, 0.2) is 6.61 Å². The fourth-order valence-corrected chi connectivity index (χ4v) is 3.51. The molecule has 0 saturated carbocycles. The van der Waals surface area contributed by atoms with Gasteiger partial charge in [-0.3, -0.25) is 4.79 Å². The average Bonchev–Trinajstić information content (AvgIpc) is 2.67. The number of rotatable bonds is 6. The van der Waals surface area contributed by atoms with Crippen LogP contribution in [0.25, 0.3) is 0 Å². The van der Waals surface area contributed by atoms with E-state index in [1.165, 1.54) is 0 Å². The van der Waals surface area contributed by atoms with Crippen LogP contribution in [0.1, 0.15) is 12.5 Å². The lowest BCUT2D eigenvalue weighted by molar-refractivity contribution is -0.898. The first kappa shape index (κ1) is 19.5. The summed E-state index contributed by atoms with van der Waals surface area (Å²) in [5.74, 6) is 0.493. The molecule has 1 aliphatic rings. The van der Waals surface area contributed by atoms with Crippen LogP contribution in [0.4, 0.5) is 11.4 Å². The molecule has 1 aliphatic heterocycles. The molecule has 144 valence electrons. The zero-order valence-corrected chi connectivity index (χ0v) is 16.7. The van der Waals surface area contributed by atoms with Crippen LogP contribution in [0.2, 0.25) is 5.02 Å². The number of hydrogen-bond acceptors (Lipinski definition) is 3. The van der Waals surface area contributed by atoms with Gasteiger partial charge >= 0.3 is 0 Å². The van der Waals surface area contributed by atoms with Gasteiger partial charge in [-0.1, -0.05) is 23.7 Å². The Balaban J connectivity index is 1.65. The minimum atomic E-state index is -0.196. The lowest BCUT2D eigenvalue weighted by Crippen LogP contribution is -3.14. The number of benzene rings is 2. The van der Waals surface area contributed by atoms with Crippen LogP contribution in [-0.4, -0.2) is 45.2 Å². The highest BCUT2D eigenvalue weighted by Gasteiger charge is 2.21. The standard InChI is InChI=1S/C21H26ClN3O2/c1-3-24-9-11-25(12-10-24)20-8-7-17(22)14-19(20)23-21(26)15-27-18-6-4-5-16(2)13-18/h4-8,13-14H,3,9-12,15H2,1-2H3,(H,23,26)/p+1. The number of aryl methyl sites for hydroxylation is 1. The third-order valence-electron chi connectivity index (χ3n) is 4.90. The van der Waals surface area contributed by atoms with Gasteiger partial charge in [-0.25, -0.2) is 0 Å². The van der Waals surface area contributed by atoms with Gasteiger partial charge in [0.1, 0.15) is 5.75 Å². The Morgan fingerprint density at radius 1 is 1.22 bits per heavy atom. The molecule has 1 fully saturated rings.